The van der Waals surface area contributed by atoms with Crippen molar-refractivity contribution in [2.75, 3.05) is 13.1 Å². The van der Waals surface area contributed by atoms with Crippen LogP contribution in [0.3, 0.4) is 0 Å². The Morgan fingerprint density at radius 1 is 1.33 bits per heavy atom. The van der Waals surface area contributed by atoms with E-state index in [4.69, 9.17) is 5.26 Å². The number of carbonyl (C=O) groups excluding carboxylic acids is 1. The molecule has 3 heteroatoms. The van der Waals surface area contributed by atoms with Gasteiger partial charge in [-0.15, -0.1) is 0 Å². The number of aryl methyl sites for hydroxylation is 1. The van der Waals surface area contributed by atoms with Gasteiger partial charge in [0.15, 0.2) is 0 Å². The summed E-state index contributed by atoms with van der Waals surface area (Å²) >= 11 is 0. The first-order valence-electron chi connectivity index (χ1n) is 6.42. The number of rotatable bonds is 2. The molecule has 2 rings (SSSR count). The highest BCUT2D eigenvalue weighted by molar-refractivity contribution is 5.78. The quantitative estimate of drug-likeness (QED) is 0.800. The summed E-state index contributed by atoms with van der Waals surface area (Å²) in [6, 6.07) is 10.6. The highest BCUT2D eigenvalue weighted by atomic mass is 16.2. The number of carbonyl (C=O) groups is 1. The Morgan fingerprint density at radius 3 is 2.50 bits per heavy atom. The minimum Gasteiger partial charge on any atom is -0.342 e. The van der Waals surface area contributed by atoms with E-state index in [-0.39, 0.29) is 12.3 Å². The lowest BCUT2D eigenvalue weighted by atomic mass is 9.89. The van der Waals surface area contributed by atoms with E-state index in [0.29, 0.717) is 5.92 Å². The van der Waals surface area contributed by atoms with Gasteiger partial charge in [-0.1, -0.05) is 29.8 Å². The molecule has 0 bridgehead atoms. The van der Waals surface area contributed by atoms with E-state index >= 15 is 0 Å². The Hall–Kier alpha value is -1.82. The fourth-order valence-electron chi connectivity index (χ4n) is 2.48. The monoisotopic (exact) mass is 242 g/mol. The smallest absolute Gasteiger partial charge is 0.236 e. The van der Waals surface area contributed by atoms with Crippen LogP contribution < -0.4 is 0 Å². The second-order valence-corrected chi connectivity index (χ2v) is 4.90. The summed E-state index contributed by atoms with van der Waals surface area (Å²) in [4.78, 5) is 13.4. The minimum atomic E-state index is -0.0279. The molecule has 0 atom stereocenters. The zero-order valence-corrected chi connectivity index (χ0v) is 10.7. The number of nitrogens with zero attached hydrogens (tertiary/aromatic N) is 2. The van der Waals surface area contributed by atoms with Crippen LogP contribution in [0, 0.1) is 18.3 Å². The molecule has 1 aromatic carbocycles. The molecule has 94 valence electrons. The van der Waals surface area contributed by atoms with Crippen molar-refractivity contribution in [3.05, 3.63) is 35.4 Å². The van der Waals surface area contributed by atoms with Gasteiger partial charge in [-0.3, -0.25) is 4.79 Å². The van der Waals surface area contributed by atoms with Gasteiger partial charge in [0.1, 0.15) is 6.42 Å². The molecule has 1 heterocycles. The van der Waals surface area contributed by atoms with E-state index in [1.54, 1.807) is 0 Å². The van der Waals surface area contributed by atoms with Crippen LogP contribution in [0.2, 0.25) is 0 Å². The third kappa shape index (κ3) is 2.89. The van der Waals surface area contributed by atoms with Crippen LogP contribution in [0.15, 0.2) is 24.3 Å². The molecular weight excluding hydrogens is 224 g/mol. The maximum Gasteiger partial charge on any atom is 0.236 e. The molecule has 1 saturated heterocycles. The molecule has 1 fully saturated rings. The van der Waals surface area contributed by atoms with Gasteiger partial charge in [0.05, 0.1) is 6.07 Å². The maximum atomic E-state index is 11.6. The summed E-state index contributed by atoms with van der Waals surface area (Å²) in [5.74, 6) is 0.525. The Balaban J connectivity index is 1.92. The summed E-state index contributed by atoms with van der Waals surface area (Å²) < 4.78 is 0. The average Bonchev–Trinajstić information content (AvgIpc) is 2.40. The van der Waals surface area contributed by atoms with Crippen molar-refractivity contribution >= 4 is 5.91 Å². The second-order valence-electron chi connectivity index (χ2n) is 4.90. The molecule has 0 saturated carbocycles. The van der Waals surface area contributed by atoms with Crippen LogP contribution in [-0.2, 0) is 4.79 Å². The number of piperidine rings is 1. The topological polar surface area (TPSA) is 44.1 Å². The van der Waals surface area contributed by atoms with Gasteiger partial charge < -0.3 is 4.90 Å². The summed E-state index contributed by atoms with van der Waals surface area (Å²) in [5, 5.41) is 8.53. The number of nitriles is 1. The normalized spacial score (nSPS) is 16.3. The number of benzene rings is 1. The summed E-state index contributed by atoms with van der Waals surface area (Å²) in [6.45, 7) is 3.64. The SMILES string of the molecule is Cc1ccc(C2CCN(C(=O)CC#N)CC2)cc1. The van der Waals surface area contributed by atoms with Crippen LogP contribution in [-0.4, -0.2) is 23.9 Å². The van der Waals surface area contributed by atoms with E-state index in [0.717, 1.165) is 25.9 Å². The van der Waals surface area contributed by atoms with Gasteiger partial charge >= 0.3 is 0 Å². The lowest BCUT2D eigenvalue weighted by Gasteiger charge is -2.31. The molecule has 0 aliphatic carbocycles. The second kappa shape index (κ2) is 5.68. The van der Waals surface area contributed by atoms with Gasteiger partial charge in [-0.2, -0.15) is 5.26 Å². The third-order valence-corrected chi connectivity index (χ3v) is 3.63. The van der Waals surface area contributed by atoms with Crippen LogP contribution in [0.25, 0.3) is 0 Å². The minimum absolute atomic E-state index is 0.00913. The van der Waals surface area contributed by atoms with Crippen LogP contribution in [0.4, 0.5) is 0 Å². The van der Waals surface area contributed by atoms with Gasteiger partial charge in [-0.25, -0.2) is 0 Å². The Labute approximate surface area is 108 Å². The largest absolute Gasteiger partial charge is 0.342 e. The lowest BCUT2D eigenvalue weighted by Crippen LogP contribution is -2.37. The van der Waals surface area contributed by atoms with Gasteiger partial charge in [0, 0.05) is 13.1 Å². The lowest BCUT2D eigenvalue weighted by molar-refractivity contribution is -0.131. The van der Waals surface area contributed by atoms with Crippen molar-refractivity contribution in [3.63, 3.8) is 0 Å². The molecule has 0 spiro atoms. The van der Waals surface area contributed by atoms with Crippen molar-refractivity contribution < 1.29 is 4.79 Å². The number of hydrogen-bond acceptors (Lipinski definition) is 2. The first kappa shape index (κ1) is 12.6. The van der Waals surface area contributed by atoms with Crippen LogP contribution in [0.5, 0.6) is 0 Å². The molecule has 0 unspecified atom stereocenters. The molecule has 0 N–H and O–H groups in total. The van der Waals surface area contributed by atoms with Gasteiger partial charge in [-0.05, 0) is 31.2 Å². The van der Waals surface area contributed by atoms with Gasteiger partial charge in [0.2, 0.25) is 5.91 Å². The molecule has 1 aromatic rings. The fraction of sp³-hybridized carbons (Fsp3) is 0.467. The predicted molar refractivity (Wildman–Crippen MR) is 70.0 cm³/mol. The molecule has 1 aliphatic rings. The first-order valence-corrected chi connectivity index (χ1v) is 6.42. The molecule has 3 nitrogen and oxygen atoms in total. The predicted octanol–water partition coefficient (Wildman–Crippen LogP) is 2.61. The molecule has 1 aliphatic heterocycles. The molecule has 0 radical (unpaired) electrons. The van der Waals surface area contributed by atoms with Crippen LogP contribution >= 0.6 is 0 Å². The van der Waals surface area contributed by atoms with Gasteiger partial charge in [0.25, 0.3) is 0 Å². The zero-order chi connectivity index (χ0) is 13.0. The zero-order valence-electron chi connectivity index (χ0n) is 10.7. The number of hydrogen-bond donors (Lipinski definition) is 0. The van der Waals surface area contributed by atoms with E-state index in [1.807, 2.05) is 11.0 Å². The Morgan fingerprint density at radius 2 is 1.94 bits per heavy atom. The third-order valence-electron chi connectivity index (χ3n) is 3.63. The highest BCUT2D eigenvalue weighted by Gasteiger charge is 2.23. The van der Waals surface area contributed by atoms with Crippen molar-refractivity contribution in [3.8, 4) is 6.07 Å². The summed E-state index contributed by atoms with van der Waals surface area (Å²) in [7, 11) is 0. The van der Waals surface area contributed by atoms with E-state index in [9.17, 15) is 4.79 Å². The first-order chi connectivity index (χ1) is 8.70. The van der Waals surface area contributed by atoms with Crippen molar-refractivity contribution in [2.24, 2.45) is 0 Å². The van der Waals surface area contributed by atoms with Crippen molar-refractivity contribution in [2.45, 2.75) is 32.1 Å². The molecular formula is C15H18N2O. The standard InChI is InChI=1S/C15H18N2O/c1-12-2-4-13(5-3-12)14-7-10-17(11-8-14)15(18)6-9-16/h2-5,14H,6-8,10-11H2,1H3. The number of amides is 1. The van der Waals surface area contributed by atoms with E-state index in [1.165, 1.54) is 11.1 Å². The number of likely N-dealkylation sites (tertiary alicyclic amines) is 1. The van der Waals surface area contributed by atoms with Crippen molar-refractivity contribution in [1.29, 1.82) is 5.26 Å². The molecule has 1 amide bonds. The maximum absolute atomic E-state index is 11.6. The summed E-state index contributed by atoms with van der Waals surface area (Å²) in [6.07, 6.45) is 2.01. The summed E-state index contributed by atoms with van der Waals surface area (Å²) in [5.41, 5.74) is 2.65. The average molecular weight is 242 g/mol. The fourth-order valence-corrected chi connectivity index (χ4v) is 2.48. The Kier molecular flexibility index (Phi) is 3.99. The highest BCUT2D eigenvalue weighted by Crippen LogP contribution is 2.28. The Bertz CT molecular complexity index is 450. The van der Waals surface area contributed by atoms with Crippen LogP contribution in [0.1, 0.15) is 36.3 Å². The van der Waals surface area contributed by atoms with Crippen molar-refractivity contribution in [1.82, 2.24) is 4.90 Å². The molecule has 0 aromatic heterocycles. The van der Waals surface area contributed by atoms with E-state index < -0.39 is 0 Å². The van der Waals surface area contributed by atoms with E-state index in [2.05, 4.69) is 31.2 Å². The molecule has 18 heavy (non-hydrogen) atoms.